The molecule has 2 heterocycles. The highest BCUT2D eigenvalue weighted by Gasteiger charge is 2.24. The van der Waals surface area contributed by atoms with E-state index in [1.807, 2.05) is 29.6 Å². The van der Waals surface area contributed by atoms with Crippen molar-refractivity contribution in [3.05, 3.63) is 18.0 Å². The van der Waals surface area contributed by atoms with E-state index in [9.17, 15) is 4.79 Å². The van der Waals surface area contributed by atoms with Crippen molar-refractivity contribution in [1.82, 2.24) is 20.0 Å². The monoisotopic (exact) mass is 222 g/mol. The fraction of sp³-hybridized carbons (Fsp3) is 0.636. The minimum Gasteiger partial charge on any atom is -0.340 e. The zero-order chi connectivity index (χ0) is 11.5. The second-order valence-electron chi connectivity index (χ2n) is 4.20. The molecule has 1 N–H and O–H groups in total. The third-order valence-corrected chi connectivity index (χ3v) is 3.07. The SMILES string of the molecule is CC1NCCN(CCc2ccnn2C)C1=O. The molecule has 88 valence electrons. The van der Waals surface area contributed by atoms with E-state index in [4.69, 9.17) is 0 Å². The number of hydrogen-bond acceptors (Lipinski definition) is 3. The van der Waals surface area contributed by atoms with Crippen LogP contribution in [0.4, 0.5) is 0 Å². The van der Waals surface area contributed by atoms with Gasteiger partial charge in [0.25, 0.3) is 0 Å². The van der Waals surface area contributed by atoms with Crippen LogP contribution in [0.3, 0.4) is 0 Å². The average molecular weight is 222 g/mol. The van der Waals surface area contributed by atoms with Crippen LogP contribution in [0.25, 0.3) is 0 Å². The molecule has 0 radical (unpaired) electrons. The predicted molar refractivity (Wildman–Crippen MR) is 61.0 cm³/mol. The Kier molecular flexibility index (Phi) is 3.24. The number of aryl methyl sites for hydroxylation is 1. The maximum absolute atomic E-state index is 11.8. The van der Waals surface area contributed by atoms with Crippen LogP contribution in [0, 0.1) is 0 Å². The summed E-state index contributed by atoms with van der Waals surface area (Å²) in [6.45, 7) is 4.39. The summed E-state index contributed by atoms with van der Waals surface area (Å²) in [5.74, 6) is 0.202. The molecule has 0 saturated carbocycles. The third-order valence-electron chi connectivity index (χ3n) is 3.07. The van der Waals surface area contributed by atoms with Gasteiger partial charge >= 0.3 is 0 Å². The van der Waals surface area contributed by atoms with Crippen molar-refractivity contribution in [3.8, 4) is 0 Å². The highest BCUT2D eigenvalue weighted by Crippen LogP contribution is 2.04. The number of aromatic nitrogens is 2. The van der Waals surface area contributed by atoms with E-state index in [0.717, 1.165) is 26.1 Å². The lowest BCUT2D eigenvalue weighted by Gasteiger charge is -2.31. The van der Waals surface area contributed by atoms with Crippen LogP contribution in [0.5, 0.6) is 0 Å². The summed E-state index contributed by atoms with van der Waals surface area (Å²) in [6, 6.07) is 1.95. The summed E-state index contributed by atoms with van der Waals surface area (Å²) in [5, 5.41) is 7.27. The first-order valence-corrected chi connectivity index (χ1v) is 5.67. The molecule has 1 saturated heterocycles. The van der Waals surface area contributed by atoms with Gasteiger partial charge in [-0.15, -0.1) is 0 Å². The lowest BCUT2D eigenvalue weighted by atomic mass is 10.2. The number of rotatable bonds is 3. The van der Waals surface area contributed by atoms with Crippen LogP contribution >= 0.6 is 0 Å². The van der Waals surface area contributed by atoms with Gasteiger partial charge in [0.2, 0.25) is 5.91 Å². The molecule has 0 aliphatic carbocycles. The molecule has 0 spiro atoms. The Labute approximate surface area is 95.4 Å². The largest absolute Gasteiger partial charge is 0.340 e. The molecule has 1 atom stereocenters. The van der Waals surface area contributed by atoms with Gasteiger partial charge in [0.15, 0.2) is 0 Å². The fourth-order valence-electron chi connectivity index (χ4n) is 2.01. The van der Waals surface area contributed by atoms with Gasteiger partial charge in [-0.2, -0.15) is 5.10 Å². The number of carbonyl (C=O) groups is 1. The van der Waals surface area contributed by atoms with E-state index >= 15 is 0 Å². The standard InChI is InChI=1S/C11H18N4O/c1-9-11(16)15(8-6-12-9)7-4-10-3-5-13-14(10)2/h3,5,9,12H,4,6-8H2,1-2H3. The van der Waals surface area contributed by atoms with Gasteiger partial charge in [0, 0.05) is 45.0 Å². The van der Waals surface area contributed by atoms with Crippen molar-refractivity contribution in [1.29, 1.82) is 0 Å². The quantitative estimate of drug-likeness (QED) is 0.769. The molecule has 1 amide bonds. The maximum Gasteiger partial charge on any atom is 0.239 e. The zero-order valence-corrected chi connectivity index (χ0v) is 9.81. The molecule has 1 aliphatic heterocycles. The molecule has 0 aromatic carbocycles. The smallest absolute Gasteiger partial charge is 0.239 e. The molecule has 2 rings (SSSR count). The summed E-state index contributed by atoms with van der Waals surface area (Å²) < 4.78 is 1.86. The van der Waals surface area contributed by atoms with Crippen LogP contribution in [0.1, 0.15) is 12.6 Å². The number of carbonyl (C=O) groups excluding carboxylic acids is 1. The number of nitrogens with one attached hydrogen (secondary N) is 1. The Morgan fingerprint density at radius 3 is 3.12 bits per heavy atom. The first-order chi connectivity index (χ1) is 7.68. The van der Waals surface area contributed by atoms with Gasteiger partial charge in [-0.25, -0.2) is 0 Å². The number of hydrogen-bond donors (Lipinski definition) is 1. The molecule has 1 aromatic rings. The van der Waals surface area contributed by atoms with Crippen molar-refractivity contribution in [2.24, 2.45) is 7.05 Å². The second-order valence-corrected chi connectivity index (χ2v) is 4.20. The molecular formula is C11H18N4O. The lowest BCUT2D eigenvalue weighted by Crippen LogP contribution is -2.54. The Morgan fingerprint density at radius 2 is 2.44 bits per heavy atom. The van der Waals surface area contributed by atoms with E-state index in [2.05, 4.69) is 10.4 Å². The van der Waals surface area contributed by atoms with Crippen LogP contribution < -0.4 is 5.32 Å². The summed E-state index contributed by atoms with van der Waals surface area (Å²) in [6.07, 6.45) is 2.66. The molecule has 1 aromatic heterocycles. The van der Waals surface area contributed by atoms with Crippen LogP contribution in [0.2, 0.25) is 0 Å². The topological polar surface area (TPSA) is 50.2 Å². The molecule has 0 bridgehead atoms. The van der Waals surface area contributed by atoms with Gasteiger partial charge in [-0.05, 0) is 13.0 Å². The first-order valence-electron chi connectivity index (χ1n) is 5.67. The molecule has 16 heavy (non-hydrogen) atoms. The maximum atomic E-state index is 11.8. The van der Waals surface area contributed by atoms with E-state index in [1.54, 1.807) is 6.20 Å². The average Bonchev–Trinajstić information content (AvgIpc) is 2.67. The van der Waals surface area contributed by atoms with Crippen molar-refractivity contribution in [2.75, 3.05) is 19.6 Å². The van der Waals surface area contributed by atoms with Crippen LogP contribution in [-0.4, -0.2) is 46.3 Å². The zero-order valence-electron chi connectivity index (χ0n) is 9.81. The fourth-order valence-corrected chi connectivity index (χ4v) is 2.01. The molecule has 1 aliphatic rings. The molecule has 1 fully saturated rings. The molecule has 5 nitrogen and oxygen atoms in total. The van der Waals surface area contributed by atoms with Gasteiger partial charge in [-0.3, -0.25) is 9.48 Å². The van der Waals surface area contributed by atoms with E-state index in [-0.39, 0.29) is 11.9 Å². The summed E-state index contributed by atoms with van der Waals surface area (Å²) in [5.41, 5.74) is 1.17. The van der Waals surface area contributed by atoms with Crippen molar-refractivity contribution >= 4 is 5.91 Å². The van der Waals surface area contributed by atoms with Gasteiger partial charge in [0.05, 0.1) is 6.04 Å². The normalized spacial score (nSPS) is 21.5. The Morgan fingerprint density at radius 1 is 1.62 bits per heavy atom. The Bertz CT molecular complexity index is 374. The summed E-state index contributed by atoms with van der Waals surface area (Å²) in [4.78, 5) is 13.7. The summed E-state index contributed by atoms with van der Waals surface area (Å²) in [7, 11) is 1.93. The van der Waals surface area contributed by atoms with Gasteiger partial charge in [0.1, 0.15) is 0 Å². The molecule has 1 unspecified atom stereocenters. The Balaban J connectivity index is 1.90. The van der Waals surface area contributed by atoms with Crippen LogP contribution in [-0.2, 0) is 18.3 Å². The first kappa shape index (κ1) is 11.1. The second kappa shape index (κ2) is 4.65. The van der Waals surface area contributed by atoms with Crippen molar-refractivity contribution < 1.29 is 4.79 Å². The van der Waals surface area contributed by atoms with Gasteiger partial charge in [-0.1, -0.05) is 0 Å². The van der Waals surface area contributed by atoms with E-state index < -0.39 is 0 Å². The van der Waals surface area contributed by atoms with Crippen molar-refractivity contribution in [3.63, 3.8) is 0 Å². The van der Waals surface area contributed by atoms with Crippen LogP contribution in [0.15, 0.2) is 12.3 Å². The number of amides is 1. The number of nitrogens with zero attached hydrogens (tertiary/aromatic N) is 3. The highest BCUT2D eigenvalue weighted by atomic mass is 16.2. The minimum absolute atomic E-state index is 0.0414. The molecular weight excluding hydrogens is 204 g/mol. The predicted octanol–water partition coefficient (Wildman–Crippen LogP) is -0.217. The summed E-state index contributed by atoms with van der Waals surface area (Å²) >= 11 is 0. The highest BCUT2D eigenvalue weighted by molar-refractivity contribution is 5.82. The van der Waals surface area contributed by atoms with Crippen molar-refractivity contribution in [2.45, 2.75) is 19.4 Å². The molecule has 5 heteroatoms. The van der Waals surface area contributed by atoms with Gasteiger partial charge < -0.3 is 10.2 Å². The minimum atomic E-state index is -0.0414. The third kappa shape index (κ3) is 2.24. The van der Waals surface area contributed by atoms with E-state index in [0.29, 0.717) is 0 Å². The van der Waals surface area contributed by atoms with E-state index in [1.165, 1.54) is 5.69 Å². The lowest BCUT2D eigenvalue weighted by molar-refractivity contribution is -0.135. The number of piperazine rings is 1. The Hall–Kier alpha value is -1.36.